The number of nitrogens with one attached hydrogen (secondary N) is 2. The Bertz CT molecular complexity index is 372. The molecule has 0 aromatic heterocycles. The van der Waals surface area contributed by atoms with E-state index >= 15 is 0 Å². The molecule has 0 fully saturated rings. The molecule has 0 spiro atoms. The number of amides is 3. The zero-order valence-corrected chi connectivity index (χ0v) is 12.2. The topological polar surface area (TPSA) is 139 Å². The Labute approximate surface area is 120 Å². The predicted molar refractivity (Wildman–Crippen MR) is 74.0 cm³/mol. The van der Waals surface area contributed by atoms with E-state index in [9.17, 15) is 19.2 Å². The highest BCUT2D eigenvalue weighted by atomic mass is 32.2. The van der Waals surface area contributed by atoms with Crippen LogP contribution in [0.1, 0.15) is 19.8 Å². The second-order valence-electron chi connectivity index (χ2n) is 4.10. The van der Waals surface area contributed by atoms with E-state index in [0.717, 1.165) is 0 Å². The second-order valence-corrected chi connectivity index (χ2v) is 5.08. The number of hydrogen-bond donors (Lipinski definition) is 4. The monoisotopic (exact) mass is 305 g/mol. The molecule has 114 valence electrons. The highest BCUT2D eigenvalue weighted by Crippen LogP contribution is 2.02. The van der Waals surface area contributed by atoms with Gasteiger partial charge in [0.15, 0.2) is 0 Å². The quantitative estimate of drug-likeness (QED) is 0.417. The number of thioether (sulfide) groups is 1. The SMILES string of the molecule is CSCC[C@H](NC(=O)[C@H](CC(=O)O)NC(C)=O)C(N)=O. The molecule has 0 heterocycles. The third-order valence-electron chi connectivity index (χ3n) is 2.34. The highest BCUT2D eigenvalue weighted by Gasteiger charge is 2.26. The molecule has 0 unspecified atom stereocenters. The van der Waals surface area contributed by atoms with Gasteiger partial charge in [-0.1, -0.05) is 0 Å². The zero-order chi connectivity index (χ0) is 15.7. The minimum atomic E-state index is -1.24. The van der Waals surface area contributed by atoms with Gasteiger partial charge in [-0.15, -0.1) is 0 Å². The molecule has 0 aliphatic rings. The standard InChI is InChI=1S/C11H19N3O5S/c1-6(15)13-8(5-9(16)17)11(19)14-7(10(12)18)3-4-20-2/h7-8H,3-5H2,1-2H3,(H2,12,18)(H,13,15)(H,14,19)(H,16,17)/t7-,8-/m0/s1. The summed E-state index contributed by atoms with van der Waals surface area (Å²) in [6.07, 6.45) is 1.60. The third kappa shape index (κ3) is 7.62. The number of rotatable bonds is 9. The van der Waals surface area contributed by atoms with Crippen molar-refractivity contribution in [3.8, 4) is 0 Å². The summed E-state index contributed by atoms with van der Waals surface area (Å²) < 4.78 is 0. The lowest BCUT2D eigenvalue weighted by molar-refractivity contribution is -0.140. The Morgan fingerprint density at radius 2 is 1.80 bits per heavy atom. The molecule has 0 rings (SSSR count). The van der Waals surface area contributed by atoms with E-state index in [1.54, 1.807) is 0 Å². The van der Waals surface area contributed by atoms with Gasteiger partial charge in [0.05, 0.1) is 6.42 Å². The van der Waals surface area contributed by atoms with Crippen LogP contribution in [-0.2, 0) is 19.2 Å². The molecule has 0 radical (unpaired) electrons. The first-order chi connectivity index (χ1) is 9.27. The normalized spacial score (nSPS) is 13.1. The third-order valence-corrected chi connectivity index (χ3v) is 2.99. The van der Waals surface area contributed by atoms with Crippen LogP contribution in [0.3, 0.4) is 0 Å². The fourth-order valence-electron chi connectivity index (χ4n) is 1.42. The highest BCUT2D eigenvalue weighted by molar-refractivity contribution is 7.98. The van der Waals surface area contributed by atoms with Crippen molar-refractivity contribution in [1.82, 2.24) is 10.6 Å². The molecule has 0 aliphatic heterocycles. The van der Waals surface area contributed by atoms with E-state index in [0.29, 0.717) is 12.2 Å². The van der Waals surface area contributed by atoms with Gasteiger partial charge in [0.1, 0.15) is 12.1 Å². The lowest BCUT2D eigenvalue weighted by Crippen LogP contribution is -2.53. The zero-order valence-electron chi connectivity index (χ0n) is 11.3. The summed E-state index contributed by atoms with van der Waals surface area (Å²) >= 11 is 1.48. The molecule has 0 saturated heterocycles. The number of aliphatic carboxylic acids is 1. The molecule has 2 atom stereocenters. The van der Waals surface area contributed by atoms with Gasteiger partial charge in [-0.3, -0.25) is 19.2 Å². The van der Waals surface area contributed by atoms with Crippen LogP contribution in [0.5, 0.6) is 0 Å². The molecule has 8 nitrogen and oxygen atoms in total. The van der Waals surface area contributed by atoms with E-state index in [-0.39, 0.29) is 0 Å². The van der Waals surface area contributed by atoms with Gasteiger partial charge in [-0.25, -0.2) is 0 Å². The van der Waals surface area contributed by atoms with Gasteiger partial charge in [0.2, 0.25) is 17.7 Å². The number of primary amides is 1. The molecule has 5 N–H and O–H groups in total. The lowest BCUT2D eigenvalue weighted by atomic mass is 10.1. The summed E-state index contributed by atoms with van der Waals surface area (Å²) in [4.78, 5) is 44.7. The van der Waals surface area contributed by atoms with Crippen molar-refractivity contribution in [3.05, 3.63) is 0 Å². The Hall–Kier alpha value is -1.77. The van der Waals surface area contributed by atoms with Crippen LogP contribution >= 0.6 is 11.8 Å². The maximum Gasteiger partial charge on any atom is 0.305 e. The average Bonchev–Trinajstić information content (AvgIpc) is 2.31. The van der Waals surface area contributed by atoms with Crippen molar-refractivity contribution >= 4 is 35.5 Å². The van der Waals surface area contributed by atoms with Crippen molar-refractivity contribution in [2.24, 2.45) is 5.73 Å². The number of hydrogen-bond acceptors (Lipinski definition) is 5. The molecule has 0 bridgehead atoms. The fraction of sp³-hybridized carbons (Fsp3) is 0.636. The van der Waals surface area contributed by atoms with Crippen LogP contribution in [0.2, 0.25) is 0 Å². The summed E-state index contributed by atoms with van der Waals surface area (Å²) in [6.45, 7) is 1.17. The summed E-state index contributed by atoms with van der Waals surface area (Å²) in [5, 5.41) is 13.3. The summed E-state index contributed by atoms with van der Waals surface area (Å²) in [5.41, 5.74) is 5.16. The van der Waals surface area contributed by atoms with Gasteiger partial charge >= 0.3 is 5.97 Å². The van der Waals surface area contributed by atoms with E-state index in [4.69, 9.17) is 10.8 Å². The van der Waals surface area contributed by atoms with E-state index in [2.05, 4.69) is 10.6 Å². The molecule has 3 amide bonds. The Morgan fingerprint density at radius 3 is 2.20 bits per heavy atom. The van der Waals surface area contributed by atoms with Crippen molar-refractivity contribution in [3.63, 3.8) is 0 Å². The molecular formula is C11H19N3O5S. The van der Waals surface area contributed by atoms with Crippen LogP contribution in [0.25, 0.3) is 0 Å². The Kier molecular flexibility index (Phi) is 8.37. The molecule has 0 aromatic rings. The molecule has 0 aliphatic carbocycles. The van der Waals surface area contributed by atoms with Gasteiger partial charge in [-0.05, 0) is 18.4 Å². The molecule has 0 aromatic carbocycles. The van der Waals surface area contributed by atoms with Crippen LogP contribution in [0.15, 0.2) is 0 Å². The smallest absolute Gasteiger partial charge is 0.305 e. The number of carbonyl (C=O) groups is 4. The van der Waals surface area contributed by atoms with E-state index < -0.39 is 42.2 Å². The van der Waals surface area contributed by atoms with Gasteiger partial charge in [0.25, 0.3) is 0 Å². The van der Waals surface area contributed by atoms with Crippen LogP contribution in [0, 0.1) is 0 Å². The molecule has 20 heavy (non-hydrogen) atoms. The first-order valence-corrected chi connectivity index (χ1v) is 7.24. The number of nitrogens with two attached hydrogens (primary N) is 1. The predicted octanol–water partition coefficient (Wildman–Crippen LogP) is -1.31. The summed E-state index contributed by atoms with van der Waals surface area (Å²) in [5.74, 6) is -2.61. The van der Waals surface area contributed by atoms with Crippen molar-refractivity contribution in [1.29, 1.82) is 0 Å². The van der Waals surface area contributed by atoms with Crippen LogP contribution in [-0.4, -0.2) is 52.9 Å². The second kappa shape index (κ2) is 9.18. The maximum absolute atomic E-state index is 11.9. The number of carbonyl (C=O) groups excluding carboxylic acids is 3. The van der Waals surface area contributed by atoms with Crippen molar-refractivity contribution in [2.45, 2.75) is 31.8 Å². The number of carboxylic acids is 1. The Morgan fingerprint density at radius 1 is 1.20 bits per heavy atom. The minimum absolute atomic E-state index is 0.335. The minimum Gasteiger partial charge on any atom is -0.481 e. The summed E-state index contributed by atoms with van der Waals surface area (Å²) in [6, 6.07) is -2.12. The van der Waals surface area contributed by atoms with Crippen LogP contribution in [0.4, 0.5) is 0 Å². The first-order valence-electron chi connectivity index (χ1n) is 5.85. The van der Waals surface area contributed by atoms with Gasteiger partial charge < -0.3 is 21.5 Å². The van der Waals surface area contributed by atoms with Gasteiger partial charge in [-0.2, -0.15) is 11.8 Å². The first kappa shape index (κ1) is 18.2. The summed E-state index contributed by atoms with van der Waals surface area (Å²) in [7, 11) is 0. The largest absolute Gasteiger partial charge is 0.481 e. The van der Waals surface area contributed by atoms with Gasteiger partial charge in [0, 0.05) is 6.92 Å². The van der Waals surface area contributed by atoms with E-state index in [1.165, 1.54) is 18.7 Å². The van der Waals surface area contributed by atoms with E-state index in [1.807, 2.05) is 6.26 Å². The average molecular weight is 305 g/mol. The molecular weight excluding hydrogens is 286 g/mol. The number of carboxylic acid groups (broad SMARTS) is 1. The Balaban J connectivity index is 4.72. The van der Waals surface area contributed by atoms with Crippen molar-refractivity contribution in [2.75, 3.05) is 12.0 Å². The van der Waals surface area contributed by atoms with Crippen molar-refractivity contribution < 1.29 is 24.3 Å². The van der Waals surface area contributed by atoms with Crippen LogP contribution < -0.4 is 16.4 Å². The molecule has 9 heteroatoms. The lowest BCUT2D eigenvalue weighted by Gasteiger charge is -2.20. The molecule has 0 saturated carbocycles. The fourth-order valence-corrected chi connectivity index (χ4v) is 1.89. The maximum atomic E-state index is 11.9.